The van der Waals surface area contributed by atoms with E-state index in [0.717, 1.165) is 11.8 Å². The number of fused-ring (bicyclic) bond motifs is 1. The Morgan fingerprint density at radius 3 is 2.35 bits per heavy atom. The van der Waals surface area contributed by atoms with Crippen LogP contribution in [0.2, 0.25) is 13.1 Å². The first-order chi connectivity index (χ1) is 17.6. The van der Waals surface area contributed by atoms with Gasteiger partial charge in [-0.1, -0.05) is 44.2 Å². The highest BCUT2D eigenvalue weighted by Crippen LogP contribution is 2.40. The summed E-state index contributed by atoms with van der Waals surface area (Å²) in [6.07, 6.45) is 1.99. The Morgan fingerprint density at radius 1 is 1.05 bits per heavy atom. The predicted octanol–water partition coefficient (Wildman–Crippen LogP) is 2.59. The molecule has 3 heterocycles. The third kappa shape index (κ3) is 5.75. The third-order valence-electron chi connectivity index (χ3n) is 6.44. The summed E-state index contributed by atoms with van der Waals surface area (Å²) < 4.78 is 38.0. The Morgan fingerprint density at radius 2 is 1.73 bits per heavy atom. The number of hydrogen-bond donors (Lipinski definition) is 0. The van der Waals surface area contributed by atoms with Gasteiger partial charge in [-0.2, -0.15) is 0 Å². The normalized spacial score (nSPS) is 16.2. The fourth-order valence-electron chi connectivity index (χ4n) is 4.27. The highest BCUT2D eigenvalue weighted by molar-refractivity contribution is 7.90. The van der Waals surface area contributed by atoms with Crippen molar-refractivity contribution in [2.24, 2.45) is 11.3 Å². The number of rotatable bonds is 9. The molecule has 37 heavy (non-hydrogen) atoms. The van der Waals surface area contributed by atoms with E-state index in [-0.39, 0.29) is 36.2 Å². The van der Waals surface area contributed by atoms with E-state index < -0.39 is 21.5 Å². The zero-order valence-corrected chi connectivity index (χ0v) is 24.2. The molecular weight excluding hydrogens is 527 g/mol. The summed E-state index contributed by atoms with van der Waals surface area (Å²) in [5, 5.41) is -0.289. The van der Waals surface area contributed by atoms with E-state index in [2.05, 4.69) is 23.8 Å². The van der Waals surface area contributed by atoms with Crippen LogP contribution in [0.1, 0.15) is 13.8 Å². The molecule has 13 heteroatoms. The van der Waals surface area contributed by atoms with Crippen molar-refractivity contribution in [3.8, 4) is 11.3 Å². The molecule has 3 aromatic rings. The van der Waals surface area contributed by atoms with Gasteiger partial charge in [-0.15, -0.1) is 0 Å². The van der Waals surface area contributed by atoms with Crippen LogP contribution in [0.25, 0.3) is 11.3 Å². The number of anilines is 2. The molecule has 1 aromatic carbocycles. The van der Waals surface area contributed by atoms with Crippen LogP contribution in [0.15, 0.2) is 58.6 Å². The van der Waals surface area contributed by atoms with Gasteiger partial charge in [-0.05, 0) is 19.2 Å². The summed E-state index contributed by atoms with van der Waals surface area (Å²) in [5.74, 6) is 0.621. The average molecular weight is 556 g/mol. The molecule has 2 aromatic heterocycles. The molecule has 0 spiro atoms. The molecule has 4 radical (unpaired) electrons. The van der Waals surface area contributed by atoms with Crippen LogP contribution in [-0.2, 0) is 25.2 Å². The zero-order chi connectivity index (χ0) is 26.8. The number of nitrogens with zero attached hydrogens (tertiary/aromatic N) is 5. The quantitative estimate of drug-likeness (QED) is 0.223. The van der Waals surface area contributed by atoms with Gasteiger partial charge in [0.1, 0.15) is 12.1 Å². The van der Waals surface area contributed by atoms with E-state index in [0.29, 0.717) is 30.5 Å². The second-order valence-electron chi connectivity index (χ2n) is 9.33. The monoisotopic (exact) mass is 555 g/mol. The van der Waals surface area contributed by atoms with Crippen LogP contribution in [0, 0.1) is 11.3 Å². The summed E-state index contributed by atoms with van der Waals surface area (Å²) in [7, 11) is -3.18. The van der Waals surface area contributed by atoms with Crippen LogP contribution in [0.5, 0.6) is 0 Å². The van der Waals surface area contributed by atoms with Crippen LogP contribution in [-0.4, -0.2) is 66.6 Å². The summed E-state index contributed by atoms with van der Waals surface area (Å²) in [4.78, 5) is 28.4. The van der Waals surface area contributed by atoms with Crippen LogP contribution in [0.3, 0.4) is 0 Å². The van der Waals surface area contributed by atoms with Gasteiger partial charge in [0, 0.05) is 48.5 Å². The minimum absolute atomic E-state index is 0.114. The van der Waals surface area contributed by atoms with E-state index in [1.54, 1.807) is 15.5 Å². The fourth-order valence-corrected chi connectivity index (χ4v) is 6.01. The molecule has 0 saturated carbocycles. The number of sulfone groups is 1. The van der Waals surface area contributed by atoms with Gasteiger partial charge >= 0.3 is 0 Å². The summed E-state index contributed by atoms with van der Waals surface area (Å²) >= 11 is 0. The maximum Gasteiger partial charge on any atom is 0.255 e. The van der Waals surface area contributed by atoms with E-state index >= 15 is 0 Å². The lowest BCUT2D eigenvalue weighted by molar-refractivity contribution is -0.107. The lowest BCUT2D eigenvalue weighted by Gasteiger charge is -2.45. The van der Waals surface area contributed by atoms with Crippen molar-refractivity contribution in [2.45, 2.75) is 44.9 Å². The average Bonchev–Trinajstić information content (AvgIpc) is 2.88. The van der Waals surface area contributed by atoms with E-state index in [1.807, 2.05) is 43.4 Å². The molecule has 0 fully saturated rings. The van der Waals surface area contributed by atoms with Crippen molar-refractivity contribution in [2.75, 3.05) is 17.7 Å². The summed E-state index contributed by atoms with van der Waals surface area (Å²) in [6.45, 7) is 8.82. The first-order valence-corrected chi connectivity index (χ1v) is 16.4. The Kier molecular flexibility index (Phi) is 8.09. The SMILES string of the molecule is C[Si]OC(O[Si]C)C(C)(C)C1CN(c2ccnc(S(C)(=O)=O)n2)c2nc(-c3ccccc3)cc(=O)n2C1. The molecule has 194 valence electrons. The molecule has 1 aliphatic rings. The molecule has 4 rings (SSSR count). The topological polar surface area (TPSA) is 117 Å². The highest BCUT2D eigenvalue weighted by Gasteiger charge is 2.43. The molecule has 0 amide bonds. The lowest BCUT2D eigenvalue weighted by atomic mass is 9.77. The van der Waals surface area contributed by atoms with E-state index in [1.165, 1.54) is 12.3 Å². The first kappa shape index (κ1) is 27.3. The second-order valence-corrected chi connectivity index (χ2v) is 12.5. The zero-order valence-electron chi connectivity index (χ0n) is 21.4. The Bertz CT molecular complexity index is 1410. The third-order valence-corrected chi connectivity index (χ3v) is 8.20. The van der Waals surface area contributed by atoms with Gasteiger partial charge in [0.2, 0.25) is 40.5 Å². The Hall–Kier alpha value is -2.72. The lowest BCUT2D eigenvalue weighted by Crippen LogP contribution is -2.51. The summed E-state index contributed by atoms with van der Waals surface area (Å²) in [6, 6.07) is 12.6. The van der Waals surface area contributed by atoms with Crippen molar-refractivity contribution in [1.29, 1.82) is 0 Å². The molecular formula is C24H29N5O5SSi2. The Balaban J connectivity index is 1.88. The Labute approximate surface area is 221 Å². The van der Waals surface area contributed by atoms with E-state index in [4.69, 9.17) is 13.8 Å². The molecule has 0 saturated heterocycles. The van der Waals surface area contributed by atoms with Gasteiger partial charge in [-0.3, -0.25) is 14.3 Å². The number of hydrogen-bond acceptors (Lipinski definition) is 9. The first-order valence-electron chi connectivity index (χ1n) is 11.7. The molecule has 1 atom stereocenters. The maximum atomic E-state index is 13.5. The minimum atomic E-state index is -3.65. The standard InChI is InChI=1S/C24H29N5O5SSi2/c1-24(2,21(33-36-4)34-37-5)17-14-28(19-11-12-25-22(27-19)35(3,31)32)23-26-18(13-20(30)29(23)15-17)16-9-7-6-8-10-16/h6-13,17,21H,14-15H2,1-5H3. The maximum absolute atomic E-state index is 13.5. The highest BCUT2D eigenvalue weighted by atomic mass is 32.2. The van der Waals surface area contributed by atoms with Crippen molar-refractivity contribution in [1.82, 2.24) is 19.5 Å². The van der Waals surface area contributed by atoms with Crippen molar-refractivity contribution in [3.05, 3.63) is 59.0 Å². The molecule has 0 bridgehead atoms. The van der Waals surface area contributed by atoms with Gasteiger partial charge in [0.25, 0.3) is 5.56 Å². The predicted molar refractivity (Wildman–Crippen MR) is 143 cm³/mol. The van der Waals surface area contributed by atoms with Gasteiger partial charge < -0.3 is 8.85 Å². The molecule has 0 N–H and O–H groups in total. The number of aromatic nitrogens is 4. The molecule has 1 aliphatic heterocycles. The van der Waals surface area contributed by atoms with Crippen molar-refractivity contribution in [3.63, 3.8) is 0 Å². The van der Waals surface area contributed by atoms with Crippen LogP contribution >= 0.6 is 0 Å². The van der Waals surface area contributed by atoms with Crippen LogP contribution < -0.4 is 10.5 Å². The smallest absolute Gasteiger partial charge is 0.255 e. The molecule has 10 nitrogen and oxygen atoms in total. The van der Waals surface area contributed by atoms with Crippen molar-refractivity contribution >= 4 is 41.1 Å². The number of benzene rings is 1. The largest absolute Gasteiger partial charge is 0.394 e. The van der Waals surface area contributed by atoms with Gasteiger partial charge in [0.05, 0.1) is 5.69 Å². The summed E-state index contributed by atoms with van der Waals surface area (Å²) in [5.41, 5.74) is 0.631. The van der Waals surface area contributed by atoms with E-state index in [9.17, 15) is 13.2 Å². The van der Waals surface area contributed by atoms with Crippen LogP contribution in [0.4, 0.5) is 11.8 Å². The fraction of sp³-hybridized carbons (Fsp3) is 0.417. The minimum Gasteiger partial charge on any atom is -0.394 e. The van der Waals surface area contributed by atoms with Gasteiger partial charge in [-0.25, -0.2) is 23.4 Å². The molecule has 0 aliphatic carbocycles. The second kappa shape index (κ2) is 11.0. The van der Waals surface area contributed by atoms with Gasteiger partial charge in [0.15, 0.2) is 0 Å². The van der Waals surface area contributed by atoms with Crippen molar-refractivity contribution < 1.29 is 17.3 Å². The molecule has 1 unspecified atom stereocenters.